The number of benzene rings is 1. The second-order valence-electron chi connectivity index (χ2n) is 4.48. The summed E-state index contributed by atoms with van der Waals surface area (Å²) >= 11 is 0. The molecule has 1 aromatic carbocycles. The molecule has 1 aliphatic rings. The summed E-state index contributed by atoms with van der Waals surface area (Å²) in [5, 5.41) is 24.4. The van der Waals surface area contributed by atoms with Crippen LogP contribution in [0.3, 0.4) is 0 Å². The average molecular weight is 250 g/mol. The van der Waals surface area contributed by atoms with Crippen LogP contribution in [0.4, 0.5) is 0 Å². The lowest BCUT2D eigenvalue weighted by molar-refractivity contribution is -0.146. The maximum Gasteiger partial charge on any atom is 0.332 e. The van der Waals surface area contributed by atoms with Gasteiger partial charge in [0, 0.05) is 13.1 Å². The summed E-state index contributed by atoms with van der Waals surface area (Å²) in [6.07, 6.45) is -0.250. The molecule has 0 bridgehead atoms. The van der Waals surface area contributed by atoms with E-state index in [9.17, 15) is 9.90 Å². The Hall–Kier alpha value is -1.43. The van der Waals surface area contributed by atoms with Crippen LogP contribution < -0.4 is 10.6 Å². The van der Waals surface area contributed by atoms with Gasteiger partial charge in [0.2, 0.25) is 0 Å². The van der Waals surface area contributed by atoms with E-state index in [1.165, 1.54) is 5.56 Å². The van der Waals surface area contributed by atoms with Crippen LogP contribution in [-0.4, -0.2) is 35.4 Å². The van der Waals surface area contributed by atoms with E-state index in [0.717, 1.165) is 18.7 Å². The van der Waals surface area contributed by atoms with Crippen molar-refractivity contribution in [1.29, 1.82) is 0 Å². The number of aliphatic hydroxyl groups is 1. The van der Waals surface area contributed by atoms with Gasteiger partial charge in [0.05, 0.1) is 6.17 Å². The fourth-order valence-corrected chi connectivity index (χ4v) is 2.04. The van der Waals surface area contributed by atoms with Crippen molar-refractivity contribution in [3.8, 4) is 0 Å². The Balaban J connectivity index is 1.89. The number of hydrogen-bond donors (Lipinski definition) is 4. The summed E-state index contributed by atoms with van der Waals surface area (Å²) in [6, 6.07) is 8.01. The van der Waals surface area contributed by atoms with E-state index >= 15 is 0 Å². The van der Waals surface area contributed by atoms with Gasteiger partial charge >= 0.3 is 5.97 Å². The highest BCUT2D eigenvalue weighted by Crippen LogP contribution is 2.14. The Bertz CT molecular complexity index is 399. The lowest BCUT2D eigenvalue weighted by Gasteiger charge is -2.12. The van der Waals surface area contributed by atoms with Crippen LogP contribution >= 0.6 is 0 Å². The first kappa shape index (κ1) is 13.0. The molecule has 2 rings (SSSR count). The van der Waals surface area contributed by atoms with Crippen molar-refractivity contribution in [3.05, 3.63) is 35.4 Å². The molecule has 0 saturated carbocycles. The summed E-state index contributed by atoms with van der Waals surface area (Å²) in [5.41, 5.74) is 2.21. The highest BCUT2D eigenvalue weighted by atomic mass is 16.4. The van der Waals surface area contributed by atoms with Crippen molar-refractivity contribution in [1.82, 2.24) is 10.6 Å². The third kappa shape index (κ3) is 3.29. The van der Waals surface area contributed by atoms with Crippen molar-refractivity contribution >= 4 is 5.97 Å². The quantitative estimate of drug-likeness (QED) is 0.602. The van der Waals surface area contributed by atoms with Crippen LogP contribution in [0.25, 0.3) is 0 Å². The van der Waals surface area contributed by atoms with E-state index in [2.05, 4.69) is 10.6 Å². The number of aryl methyl sites for hydroxylation is 1. The Morgan fingerprint density at radius 3 is 2.44 bits per heavy atom. The summed E-state index contributed by atoms with van der Waals surface area (Å²) in [6.45, 7) is 1.94. The van der Waals surface area contributed by atoms with Gasteiger partial charge in [-0.05, 0) is 24.0 Å². The molecule has 1 atom stereocenters. The lowest BCUT2D eigenvalue weighted by Crippen LogP contribution is -2.21. The molecule has 0 aliphatic carbocycles. The normalized spacial score (nSPS) is 17.8. The molecule has 18 heavy (non-hydrogen) atoms. The maximum atomic E-state index is 10.5. The molecule has 1 aliphatic heterocycles. The zero-order valence-corrected chi connectivity index (χ0v) is 10.1. The molecule has 0 radical (unpaired) electrons. The molecule has 4 N–H and O–H groups in total. The first-order valence-electron chi connectivity index (χ1n) is 6.13. The molecule has 1 fully saturated rings. The summed E-state index contributed by atoms with van der Waals surface area (Å²) in [5.74, 6) is -1.16. The zero-order chi connectivity index (χ0) is 13.0. The first-order valence-corrected chi connectivity index (χ1v) is 6.13. The Morgan fingerprint density at radius 1 is 1.28 bits per heavy atom. The smallest absolute Gasteiger partial charge is 0.332 e. The molecule has 0 aromatic heterocycles. The monoisotopic (exact) mass is 250 g/mol. The van der Waals surface area contributed by atoms with Crippen LogP contribution in [0, 0.1) is 0 Å². The van der Waals surface area contributed by atoms with Gasteiger partial charge in [0.25, 0.3) is 0 Å². The van der Waals surface area contributed by atoms with E-state index in [1.54, 1.807) is 0 Å². The van der Waals surface area contributed by atoms with Gasteiger partial charge < -0.3 is 10.2 Å². The maximum absolute atomic E-state index is 10.5. The number of rotatable bonds is 5. The SMILES string of the molecule is O=C(O)C(O)CCc1ccc(C2NCCN2)cc1. The molecule has 1 saturated heterocycles. The van der Waals surface area contributed by atoms with Gasteiger partial charge in [0.1, 0.15) is 0 Å². The van der Waals surface area contributed by atoms with Crippen LogP contribution in [0.5, 0.6) is 0 Å². The minimum Gasteiger partial charge on any atom is -0.479 e. The number of nitrogens with one attached hydrogen (secondary N) is 2. The van der Waals surface area contributed by atoms with E-state index < -0.39 is 12.1 Å². The summed E-state index contributed by atoms with van der Waals surface area (Å²) in [4.78, 5) is 10.5. The standard InChI is InChI=1S/C13H18N2O3/c16-11(13(17)18)6-3-9-1-4-10(5-2-9)12-14-7-8-15-12/h1-2,4-5,11-12,14-16H,3,6-8H2,(H,17,18). The molecule has 5 nitrogen and oxygen atoms in total. The molecule has 98 valence electrons. The Labute approximate surface area is 106 Å². The van der Waals surface area contributed by atoms with E-state index in [1.807, 2.05) is 24.3 Å². The number of carbonyl (C=O) groups is 1. The zero-order valence-electron chi connectivity index (χ0n) is 10.1. The number of hydrogen-bond acceptors (Lipinski definition) is 4. The van der Waals surface area contributed by atoms with Gasteiger partial charge in [-0.25, -0.2) is 4.79 Å². The predicted molar refractivity (Wildman–Crippen MR) is 67.2 cm³/mol. The largest absolute Gasteiger partial charge is 0.479 e. The van der Waals surface area contributed by atoms with Crippen molar-refractivity contribution in [2.45, 2.75) is 25.1 Å². The van der Waals surface area contributed by atoms with Crippen LogP contribution in [0.1, 0.15) is 23.7 Å². The topological polar surface area (TPSA) is 81.6 Å². The van der Waals surface area contributed by atoms with Gasteiger partial charge in [-0.3, -0.25) is 10.6 Å². The molecule has 5 heteroatoms. The first-order chi connectivity index (χ1) is 8.66. The fraction of sp³-hybridized carbons (Fsp3) is 0.462. The van der Waals surface area contributed by atoms with Crippen LogP contribution in [0.15, 0.2) is 24.3 Å². The lowest BCUT2D eigenvalue weighted by atomic mass is 10.0. The summed E-state index contributed by atoms with van der Waals surface area (Å²) < 4.78 is 0. The average Bonchev–Trinajstić information content (AvgIpc) is 2.90. The minimum absolute atomic E-state index is 0.212. The highest BCUT2D eigenvalue weighted by molar-refractivity contribution is 5.71. The van der Waals surface area contributed by atoms with Gasteiger partial charge in [-0.2, -0.15) is 0 Å². The van der Waals surface area contributed by atoms with Crippen molar-refractivity contribution in [2.24, 2.45) is 0 Å². The minimum atomic E-state index is -1.28. The van der Waals surface area contributed by atoms with Crippen molar-refractivity contribution in [2.75, 3.05) is 13.1 Å². The predicted octanol–water partition coefficient (Wildman–Crippen LogP) is 0.256. The third-order valence-electron chi connectivity index (χ3n) is 3.13. The van der Waals surface area contributed by atoms with Crippen LogP contribution in [-0.2, 0) is 11.2 Å². The molecule has 1 aromatic rings. The van der Waals surface area contributed by atoms with E-state index in [-0.39, 0.29) is 12.6 Å². The number of carboxylic acid groups (broad SMARTS) is 1. The van der Waals surface area contributed by atoms with Gasteiger partial charge in [0.15, 0.2) is 6.10 Å². The second-order valence-corrected chi connectivity index (χ2v) is 4.48. The number of aliphatic carboxylic acids is 1. The second kappa shape index (κ2) is 5.95. The summed E-state index contributed by atoms with van der Waals surface area (Å²) in [7, 11) is 0. The number of aliphatic hydroxyl groups excluding tert-OH is 1. The Kier molecular flexibility index (Phi) is 4.30. The van der Waals surface area contributed by atoms with Crippen LogP contribution in [0.2, 0.25) is 0 Å². The highest BCUT2D eigenvalue weighted by Gasteiger charge is 2.15. The number of carboxylic acids is 1. The van der Waals surface area contributed by atoms with E-state index in [4.69, 9.17) is 5.11 Å². The third-order valence-corrected chi connectivity index (χ3v) is 3.13. The van der Waals surface area contributed by atoms with Crippen molar-refractivity contribution < 1.29 is 15.0 Å². The Morgan fingerprint density at radius 2 is 1.89 bits per heavy atom. The molecule has 1 heterocycles. The molecular formula is C13H18N2O3. The molecule has 0 spiro atoms. The molecule has 0 amide bonds. The van der Waals surface area contributed by atoms with E-state index in [0.29, 0.717) is 6.42 Å². The fourth-order valence-electron chi connectivity index (χ4n) is 2.04. The van der Waals surface area contributed by atoms with Gasteiger partial charge in [-0.15, -0.1) is 0 Å². The van der Waals surface area contributed by atoms with Gasteiger partial charge in [-0.1, -0.05) is 24.3 Å². The molecule has 1 unspecified atom stereocenters. The molecular weight excluding hydrogens is 232 g/mol. The van der Waals surface area contributed by atoms with Crippen molar-refractivity contribution in [3.63, 3.8) is 0 Å².